The van der Waals surface area contributed by atoms with E-state index in [1.807, 2.05) is 6.92 Å². The lowest BCUT2D eigenvalue weighted by Gasteiger charge is -2.53. The number of hydrogen-bond acceptors (Lipinski definition) is 3. The molecule has 100 valence electrons. The van der Waals surface area contributed by atoms with E-state index in [-0.39, 0.29) is 5.41 Å². The Hall–Kier alpha value is -0.810. The minimum absolute atomic E-state index is 0.211. The number of nitrogens with one attached hydrogen (secondary N) is 2. The lowest BCUT2D eigenvalue weighted by Crippen LogP contribution is -2.62. The highest BCUT2D eigenvalue weighted by Gasteiger charge is 2.50. The monoisotopic (exact) mass is 243 g/mol. The van der Waals surface area contributed by atoms with Gasteiger partial charge in [0.1, 0.15) is 0 Å². The van der Waals surface area contributed by atoms with Crippen LogP contribution in [0.1, 0.15) is 33.6 Å². The van der Waals surface area contributed by atoms with Crippen molar-refractivity contribution in [2.75, 3.05) is 19.7 Å². The number of ether oxygens (including phenoxy) is 1. The molecule has 0 saturated heterocycles. The van der Waals surface area contributed by atoms with E-state index in [0.29, 0.717) is 18.7 Å². The molecule has 4 N–H and O–H groups in total. The van der Waals surface area contributed by atoms with Crippen LogP contribution in [0.2, 0.25) is 0 Å². The highest BCUT2D eigenvalue weighted by Crippen LogP contribution is 2.45. The molecule has 5 nitrogen and oxygen atoms in total. The fourth-order valence-electron chi connectivity index (χ4n) is 2.50. The number of primary amides is 1. The highest BCUT2D eigenvalue weighted by molar-refractivity contribution is 5.71. The summed E-state index contributed by atoms with van der Waals surface area (Å²) in [6.07, 6.45) is 2.51. The van der Waals surface area contributed by atoms with Crippen LogP contribution in [0.4, 0.5) is 4.79 Å². The van der Waals surface area contributed by atoms with Crippen LogP contribution in [0.15, 0.2) is 0 Å². The molecule has 1 fully saturated rings. The number of amides is 2. The first-order valence-electron chi connectivity index (χ1n) is 6.42. The largest absolute Gasteiger partial charge is 0.378 e. The molecule has 2 amide bonds. The minimum Gasteiger partial charge on any atom is -0.378 e. The van der Waals surface area contributed by atoms with E-state index in [1.54, 1.807) is 0 Å². The number of carbonyl (C=O) groups excluding carboxylic acids is 1. The Morgan fingerprint density at radius 3 is 2.71 bits per heavy atom. The Labute approximate surface area is 103 Å². The van der Waals surface area contributed by atoms with Crippen LogP contribution in [-0.2, 0) is 4.74 Å². The average Bonchev–Trinajstić information content (AvgIpc) is 2.30. The molecular formula is C12H25N3O2. The van der Waals surface area contributed by atoms with E-state index in [0.717, 1.165) is 26.0 Å². The van der Waals surface area contributed by atoms with Gasteiger partial charge in [-0.15, -0.1) is 0 Å². The average molecular weight is 243 g/mol. The minimum atomic E-state index is -0.467. The summed E-state index contributed by atoms with van der Waals surface area (Å²) in [4.78, 5) is 10.5. The predicted molar refractivity (Wildman–Crippen MR) is 67.8 cm³/mol. The van der Waals surface area contributed by atoms with Crippen molar-refractivity contribution >= 4 is 6.03 Å². The molecule has 1 aliphatic rings. The van der Waals surface area contributed by atoms with Gasteiger partial charge >= 0.3 is 6.03 Å². The molecule has 5 heteroatoms. The van der Waals surface area contributed by atoms with Gasteiger partial charge in [-0.25, -0.2) is 4.79 Å². The summed E-state index contributed by atoms with van der Waals surface area (Å²) in [6.45, 7) is 8.59. The molecule has 1 rings (SSSR count). The van der Waals surface area contributed by atoms with Gasteiger partial charge in [-0.05, 0) is 19.8 Å². The van der Waals surface area contributed by atoms with Crippen LogP contribution in [0.3, 0.4) is 0 Å². The molecule has 1 saturated carbocycles. The molecule has 0 aromatic carbocycles. The predicted octanol–water partition coefficient (Wildman–Crippen LogP) is 0.838. The van der Waals surface area contributed by atoms with E-state index < -0.39 is 6.03 Å². The third kappa shape index (κ3) is 3.33. The summed E-state index contributed by atoms with van der Waals surface area (Å²) < 4.78 is 5.73. The molecule has 0 aromatic rings. The normalized spacial score (nSPS) is 31.9. The molecule has 0 radical (unpaired) electrons. The molecule has 3 unspecified atom stereocenters. The summed E-state index contributed by atoms with van der Waals surface area (Å²) in [5.41, 5.74) is 5.21. The van der Waals surface area contributed by atoms with Gasteiger partial charge < -0.3 is 21.1 Å². The third-order valence-corrected chi connectivity index (χ3v) is 3.93. The topological polar surface area (TPSA) is 76.4 Å². The Kier molecular flexibility index (Phi) is 5.21. The van der Waals surface area contributed by atoms with Crippen LogP contribution < -0.4 is 16.4 Å². The van der Waals surface area contributed by atoms with Crippen LogP contribution >= 0.6 is 0 Å². The second kappa shape index (κ2) is 6.21. The van der Waals surface area contributed by atoms with Crippen molar-refractivity contribution in [3.8, 4) is 0 Å². The molecule has 1 aliphatic carbocycles. The van der Waals surface area contributed by atoms with Crippen molar-refractivity contribution in [1.82, 2.24) is 10.6 Å². The summed E-state index contributed by atoms with van der Waals surface area (Å²) in [6, 6.07) is 0.00424. The zero-order valence-corrected chi connectivity index (χ0v) is 11.1. The zero-order valence-electron chi connectivity index (χ0n) is 11.1. The van der Waals surface area contributed by atoms with E-state index in [2.05, 4.69) is 24.5 Å². The van der Waals surface area contributed by atoms with Crippen molar-refractivity contribution in [2.45, 2.75) is 45.8 Å². The molecule has 17 heavy (non-hydrogen) atoms. The van der Waals surface area contributed by atoms with Crippen LogP contribution in [-0.4, -0.2) is 37.9 Å². The van der Waals surface area contributed by atoms with Gasteiger partial charge in [0.05, 0.1) is 6.10 Å². The van der Waals surface area contributed by atoms with Crippen molar-refractivity contribution in [2.24, 2.45) is 11.1 Å². The fourth-order valence-corrected chi connectivity index (χ4v) is 2.50. The molecule has 0 heterocycles. The number of nitrogens with two attached hydrogens (primary N) is 1. The van der Waals surface area contributed by atoms with Gasteiger partial charge in [0.25, 0.3) is 0 Å². The second-order valence-electron chi connectivity index (χ2n) is 4.84. The van der Waals surface area contributed by atoms with Gasteiger partial charge in [0.2, 0.25) is 0 Å². The van der Waals surface area contributed by atoms with E-state index >= 15 is 0 Å². The van der Waals surface area contributed by atoms with Crippen LogP contribution in [0.25, 0.3) is 0 Å². The SMILES string of the molecule is CCOC1CC(NCCNC(N)=O)C1(C)CC. The first-order valence-corrected chi connectivity index (χ1v) is 6.42. The molecule has 0 aliphatic heterocycles. The van der Waals surface area contributed by atoms with E-state index in [9.17, 15) is 4.79 Å². The lowest BCUT2D eigenvalue weighted by molar-refractivity contribution is -0.125. The molecular weight excluding hydrogens is 218 g/mol. The van der Waals surface area contributed by atoms with Gasteiger partial charge in [-0.2, -0.15) is 0 Å². The molecule has 0 aromatic heterocycles. The first-order chi connectivity index (χ1) is 8.04. The fraction of sp³-hybridized carbons (Fsp3) is 0.917. The second-order valence-corrected chi connectivity index (χ2v) is 4.84. The Balaban J connectivity index is 2.28. The summed E-state index contributed by atoms with van der Waals surface area (Å²) in [7, 11) is 0. The Bertz CT molecular complexity index is 260. The number of rotatable bonds is 7. The summed E-state index contributed by atoms with van der Waals surface area (Å²) >= 11 is 0. The molecule has 0 bridgehead atoms. The summed E-state index contributed by atoms with van der Waals surface area (Å²) in [5, 5.41) is 6.03. The van der Waals surface area contributed by atoms with E-state index in [1.165, 1.54) is 0 Å². The maximum absolute atomic E-state index is 10.5. The van der Waals surface area contributed by atoms with Gasteiger partial charge in [0.15, 0.2) is 0 Å². The van der Waals surface area contributed by atoms with Crippen molar-refractivity contribution in [3.05, 3.63) is 0 Å². The van der Waals surface area contributed by atoms with Crippen LogP contribution in [0, 0.1) is 5.41 Å². The van der Waals surface area contributed by atoms with Crippen molar-refractivity contribution in [1.29, 1.82) is 0 Å². The van der Waals surface area contributed by atoms with Gasteiger partial charge in [-0.3, -0.25) is 0 Å². The zero-order chi connectivity index (χ0) is 12.9. The lowest BCUT2D eigenvalue weighted by atomic mass is 9.61. The maximum atomic E-state index is 10.5. The summed E-state index contributed by atoms with van der Waals surface area (Å²) in [5.74, 6) is 0. The molecule has 3 atom stereocenters. The van der Waals surface area contributed by atoms with E-state index in [4.69, 9.17) is 10.5 Å². The third-order valence-electron chi connectivity index (χ3n) is 3.93. The quantitative estimate of drug-likeness (QED) is 0.580. The van der Waals surface area contributed by atoms with Gasteiger partial charge in [-0.1, -0.05) is 13.8 Å². The Morgan fingerprint density at radius 2 is 2.18 bits per heavy atom. The van der Waals surface area contributed by atoms with Gasteiger partial charge in [0, 0.05) is 31.2 Å². The standard InChI is InChI=1S/C12H25N3O2/c1-4-12(3)9(8-10(12)17-5-2)14-6-7-15-11(13)16/h9-10,14H,4-8H2,1-3H3,(H3,13,15,16). The Morgan fingerprint density at radius 1 is 1.47 bits per heavy atom. The maximum Gasteiger partial charge on any atom is 0.312 e. The smallest absolute Gasteiger partial charge is 0.312 e. The number of urea groups is 1. The van der Waals surface area contributed by atoms with Crippen LogP contribution in [0.5, 0.6) is 0 Å². The number of hydrogen-bond donors (Lipinski definition) is 3. The van der Waals surface area contributed by atoms with Crippen molar-refractivity contribution in [3.63, 3.8) is 0 Å². The highest BCUT2D eigenvalue weighted by atomic mass is 16.5. The van der Waals surface area contributed by atoms with Crippen molar-refractivity contribution < 1.29 is 9.53 Å². The molecule has 0 spiro atoms. The first kappa shape index (κ1) is 14.3. The number of carbonyl (C=O) groups is 1.